The molecule has 1 aromatic heterocycles. The molecule has 0 fully saturated rings. The number of aromatic hydroxyl groups is 1. The van der Waals surface area contributed by atoms with Gasteiger partial charge in [-0.05, 0) is 70.7 Å². The minimum absolute atomic E-state index is 0.00417. The maximum absolute atomic E-state index is 13.8. The smallest absolute Gasteiger partial charge is 0.291 e. The van der Waals surface area contributed by atoms with E-state index in [9.17, 15) is 14.7 Å². The first-order valence-electron chi connectivity index (χ1n) is 10.9. The Morgan fingerprint density at radius 1 is 1.11 bits per heavy atom. The molecule has 1 atom stereocenters. The van der Waals surface area contributed by atoms with Gasteiger partial charge in [0.25, 0.3) is 5.91 Å². The minimum atomic E-state index is -0.759. The number of aryl methyl sites for hydroxylation is 2. The van der Waals surface area contributed by atoms with E-state index in [0.29, 0.717) is 26.0 Å². The Hall–Kier alpha value is -3.29. The van der Waals surface area contributed by atoms with Gasteiger partial charge < -0.3 is 19.2 Å². The summed E-state index contributed by atoms with van der Waals surface area (Å²) in [6.07, 6.45) is 0. The second kappa shape index (κ2) is 8.73. The SMILES string of the molecule is COc1cc(C2c3c(oc4cc(C)c(Cl)cc4c3=O)C(=O)N2Cc2ccc(C)cc2)cc(Br)c1O. The fourth-order valence-electron chi connectivity index (χ4n) is 4.45. The molecule has 1 N–H and O–H groups in total. The Morgan fingerprint density at radius 3 is 2.51 bits per heavy atom. The van der Waals surface area contributed by atoms with E-state index in [1.165, 1.54) is 7.11 Å². The summed E-state index contributed by atoms with van der Waals surface area (Å²) in [6.45, 7) is 4.05. The van der Waals surface area contributed by atoms with Crippen molar-refractivity contribution >= 4 is 44.4 Å². The van der Waals surface area contributed by atoms with E-state index < -0.39 is 6.04 Å². The molecule has 0 saturated heterocycles. The van der Waals surface area contributed by atoms with Gasteiger partial charge in [-0.25, -0.2) is 0 Å². The van der Waals surface area contributed by atoms with Gasteiger partial charge >= 0.3 is 0 Å². The van der Waals surface area contributed by atoms with Crippen LogP contribution < -0.4 is 10.2 Å². The Labute approximate surface area is 214 Å². The first kappa shape index (κ1) is 23.5. The summed E-state index contributed by atoms with van der Waals surface area (Å²) < 4.78 is 11.8. The van der Waals surface area contributed by atoms with E-state index in [2.05, 4.69) is 15.9 Å². The number of hydrogen-bond donors (Lipinski definition) is 1. The number of carbonyl (C=O) groups is 1. The number of methoxy groups -OCH3 is 1. The highest BCUT2D eigenvalue weighted by Gasteiger charge is 2.43. The number of rotatable bonds is 4. The normalized spacial score (nSPS) is 15.1. The zero-order chi connectivity index (χ0) is 25.0. The van der Waals surface area contributed by atoms with Crippen LogP contribution in [0, 0.1) is 13.8 Å². The number of phenolic OH excluding ortho intramolecular Hbond substituents is 1. The summed E-state index contributed by atoms with van der Waals surface area (Å²) in [5, 5.41) is 11.1. The summed E-state index contributed by atoms with van der Waals surface area (Å²) in [7, 11) is 1.44. The van der Waals surface area contributed by atoms with E-state index >= 15 is 0 Å². The lowest BCUT2D eigenvalue weighted by Gasteiger charge is -2.26. The third kappa shape index (κ3) is 3.89. The molecule has 0 bridgehead atoms. The van der Waals surface area contributed by atoms with Crippen LogP contribution in [-0.4, -0.2) is 23.0 Å². The lowest BCUT2D eigenvalue weighted by atomic mass is 9.97. The van der Waals surface area contributed by atoms with Crippen molar-refractivity contribution in [2.45, 2.75) is 26.4 Å². The molecule has 1 amide bonds. The van der Waals surface area contributed by atoms with Crippen molar-refractivity contribution in [2.75, 3.05) is 7.11 Å². The lowest BCUT2D eigenvalue weighted by molar-refractivity contribution is 0.0714. The minimum Gasteiger partial charge on any atom is -0.503 e. The summed E-state index contributed by atoms with van der Waals surface area (Å²) >= 11 is 9.67. The highest BCUT2D eigenvalue weighted by atomic mass is 79.9. The molecule has 5 rings (SSSR count). The molecule has 35 heavy (non-hydrogen) atoms. The second-order valence-corrected chi connectivity index (χ2v) is 9.91. The van der Waals surface area contributed by atoms with E-state index in [-0.39, 0.29) is 40.7 Å². The van der Waals surface area contributed by atoms with Gasteiger partial charge in [0.15, 0.2) is 16.9 Å². The van der Waals surface area contributed by atoms with Gasteiger partial charge in [0.05, 0.1) is 28.6 Å². The van der Waals surface area contributed by atoms with Crippen LogP contribution in [0.2, 0.25) is 5.02 Å². The van der Waals surface area contributed by atoms with Gasteiger partial charge in [0, 0.05) is 11.6 Å². The summed E-state index contributed by atoms with van der Waals surface area (Å²) in [4.78, 5) is 29.1. The maximum Gasteiger partial charge on any atom is 0.291 e. The van der Waals surface area contributed by atoms with Crippen LogP contribution >= 0.6 is 27.5 Å². The highest BCUT2D eigenvalue weighted by molar-refractivity contribution is 9.10. The number of fused-ring (bicyclic) bond motifs is 2. The molecule has 0 saturated carbocycles. The molecule has 3 aromatic carbocycles. The first-order chi connectivity index (χ1) is 16.7. The molecule has 1 aliphatic heterocycles. The van der Waals surface area contributed by atoms with Crippen molar-refractivity contribution in [3.8, 4) is 11.5 Å². The lowest BCUT2D eigenvalue weighted by Crippen LogP contribution is -2.29. The standard InChI is InChI=1S/C27H21BrClNO5/c1-13-4-6-15(7-5-13)12-30-23(16-9-18(28)25(32)21(10-16)34-3)22-24(31)17-11-19(29)14(2)8-20(17)35-26(22)27(30)33/h4-11,23,32H,12H2,1-3H3. The molecule has 4 aromatic rings. The first-order valence-corrected chi connectivity index (χ1v) is 12.1. The van der Waals surface area contributed by atoms with Crippen molar-refractivity contribution in [3.05, 3.63) is 102 Å². The predicted octanol–water partition coefficient (Wildman–Crippen LogP) is 6.29. The van der Waals surface area contributed by atoms with E-state index in [4.69, 9.17) is 20.8 Å². The third-order valence-electron chi connectivity index (χ3n) is 6.31. The Balaban J connectivity index is 1.77. The molecule has 1 aliphatic rings. The second-order valence-electron chi connectivity index (χ2n) is 8.65. The van der Waals surface area contributed by atoms with Crippen molar-refractivity contribution < 1.29 is 19.1 Å². The molecule has 0 spiro atoms. The molecular weight excluding hydrogens is 534 g/mol. The molecule has 6 nitrogen and oxygen atoms in total. The van der Waals surface area contributed by atoms with Gasteiger partial charge in [-0.2, -0.15) is 0 Å². The molecule has 1 unspecified atom stereocenters. The van der Waals surface area contributed by atoms with Crippen LogP contribution in [0.4, 0.5) is 0 Å². The van der Waals surface area contributed by atoms with Crippen LogP contribution in [0.3, 0.4) is 0 Å². The topological polar surface area (TPSA) is 80.0 Å². The number of benzene rings is 3. The van der Waals surface area contributed by atoms with Gasteiger partial charge in [-0.1, -0.05) is 41.4 Å². The Kier molecular flexibility index (Phi) is 5.85. The van der Waals surface area contributed by atoms with Crippen LogP contribution in [0.1, 0.15) is 44.4 Å². The number of carbonyl (C=O) groups excluding carboxylic acids is 1. The molecule has 178 valence electrons. The van der Waals surface area contributed by atoms with Crippen LogP contribution in [0.25, 0.3) is 11.0 Å². The molecular formula is C27H21BrClNO5. The molecule has 0 aliphatic carbocycles. The van der Waals surface area contributed by atoms with Gasteiger partial charge in [-0.15, -0.1) is 0 Å². The van der Waals surface area contributed by atoms with Crippen LogP contribution in [-0.2, 0) is 6.54 Å². The highest BCUT2D eigenvalue weighted by Crippen LogP contribution is 2.44. The number of phenols is 1. The quantitative estimate of drug-likeness (QED) is 0.321. The largest absolute Gasteiger partial charge is 0.503 e. The van der Waals surface area contributed by atoms with E-state index in [1.807, 2.05) is 38.1 Å². The zero-order valence-electron chi connectivity index (χ0n) is 19.2. The van der Waals surface area contributed by atoms with E-state index in [0.717, 1.165) is 16.7 Å². The van der Waals surface area contributed by atoms with Crippen LogP contribution in [0.5, 0.6) is 11.5 Å². The molecule has 8 heteroatoms. The summed E-state index contributed by atoms with van der Waals surface area (Å²) in [6, 6.07) is 13.6. The summed E-state index contributed by atoms with van der Waals surface area (Å²) in [5.41, 5.74) is 3.56. The predicted molar refractivity (Wildman–Crippen MR) is 137 cm³/mol. The number of hydrogen-bond acceptors (Lipinski definition) is 5. The van der Waals surface area contributed by atoms with Gasteiger partial charge in [-0.3, -0.25) is 9.59 Å². The van der Waals surface area contributed by atoms with Gasteiger partial charge in [0.2, 0.25) is 5.76 Å². The average Bonchev–Trinajstić information content (AvgIpc) is 3.10. The zero-order valence-corrected chi connectivity index (χ0v) is 21.5. The third-order valence-corrected chi connectivity index (χ3v) is 7.32. The monoisotopic (exact) mass is 553 g/mol. The van der Waals surface area contributed by atoms with Gasteiger partial charge in [0.1, 0.15) is 5.58 Å². The van der Waals surface area contributed by atoms with E-state index in [1.54, 1.807) is 29.2 Å². The number of amides is 1. The van der Waals surface area contributed by atoms with Crippen molar-refractivity contribution in [1.82, 2.24) is 4.90 Å². The number of nitrogens with zero attached hydrogens (tertiary/aromatic N) is 1. The number of halogens is 2. The Morgan fingerprint density at radius 2 is 1.83 bits per heavy atom. The van der Waals surface area contributed by atoms with Crippen molar-refractivity contribution in [3.63, 3.8) is 0 Å². The number of ether oxygens (including phenoxy) is 1. The van der Waals surface area contributed by atoms with Crippen molar-refractivity contribution in [2.24, 2.45) is 0 Å². The Bertz CT molecular complexity index is 1560. The molecule has 0 radical (unpaired) electrons. The van der Waals surface area contributed by atoms with Crippen molar-refractivity contribution in [1.29, 1.82) is 0 Å². The average molecular weight is 555 g/mol. The molecule has 2 heterocycles. The fourth-order valence-corrected chi connectivity index (χ4v) is 5.07. The summed E-state index contributed by atoms with van der Waals surface area (Å²) in [5.74, 6) is -0.238. The maximum atomic E-state index is 13.8. The fraction of sp³-hybridized carbons (Fsp3) is 0.185. The van der Waals surface area contributed by atoms with Crippen LogP contribution in [0.15, 0.2) is 62.2 Å².